The van der Waals surface area contributed by atoms with Crippen molar-refractivity contribution in [1.29, 1.82) is 0 Å². The molecule has 0 amide bonds. The third kappa shape index (κ3) is 2.40. The summed E-state index contributed by atoms with van der Waals surface area (Å²) in [6, 6.07) is 3.60. The molecule has 0 bridgehead atoms. The molecule has 6 heteroatoms. The lowest BCUT2D eigenvalue weighted by molar-refractivity contribution is 0.484. The molecule has 0 saturated carbocycles. The minimum absolute atomic E-state index is 0.0562. The molecule has 16 heavy (non-hydrogen) atoms. The first kappa shape index (κ1) is 13.1. The summed E-state index contributed by atoms with van der Waals surface area (Å²) in [6.45, 7) is 2.09. The van der Waals surface area contributed by atoms with Crippen LogP contribution in [0.25, 0.3) is 0 Å². The molecule has 0 fully saturated rings. The largest absolute Gasteiger partial charge is 0.326 e. The van der Waals surface area contributed by atoms with Crippen molar-refractivity contribution >= 4 is 10.0 Å². The first-order chi connectivity index (χ1) is 7.43. The van der Waals surface area contributed by atoms with Crippen LogP contribution in [0.5, 0.6) is 0 Å². The number of hydrogen-bond donors (Lipinski definition) is 1. The summed E-state index contributed by atoms with van der Waals surface area (Å²) < 4.78 is 38.2. The molecular weight excluding hydrogens is 231 g/mol. The molecule has 2 N–H and O–H groups in total. The minimum Gasteiger partial charge on any atom is -0.326 e. The van der Waals surface area contributed by atoms with E-state index in [-0.39, 0.29) is 11.4 Å². The van der Waals surface area contributed by atoms with Gasteiger partial charge in [0.1, 0.15) is 5.82 Å². The van der Waals surface area contributed by atoms with Crippen molar-refractivity contribution < 1.29 is 12.8 Å². The van der Waals surface area contributed by atoms with Crippen molar-refractivity contribution in [3.8, 4) is 0 Å². The summed E-state index contributed by atoms with van der Waals surface area (Å²) in [5.41, 5.74) is 5.85. The van der Waals surface area contributed by atoms with Gasteiger partial charge in [-0.15, -0.1) is 0 Å². The van der Waals surface area contributed by atoms with Crippen molar-refractivity contribution in [2.45, 2.75) is 18.4 Å². The second kappa shape index (κ2) is 4.90. The molecule has 4 nitrogen and oxygen atoms in total. The van der Waals surface area contributed by atoms with Gasteiger partial charge in [0.15, 0.2) is 0 Å². The maximum absolute atomic E-state index is 13.1. The first-order valence-corrected chi connectivity index (χ1v) is 6.32. The molecular formula is C10H15FN2O2S. The van der Waals surface area contributed by atoms with E-state index in [0.717, 1.165) is 10.4 Å². The topological polar surface area (TPSA) is 63.4 Å². The molecule has 0 radical (unpaired) electrons. The summed E-state index contributed by atoms with van der Waals surface area (Å²) in [6.07, 6.45) is 0. The van der Waals surface area contributed by atoms with Crippen LogP contribution in [0.3, 0.4) is 0 Å². The summed E-state index contributed by atoms with van der Waals surface area (Å²) in [5.74, 6) is -0.583. The summed E-state index contributed by atoms with van der Waals surface area (Å²) >= 11 is 0. The monoisotopic (exact) mass is 246 g/mol. The molecule has 1 aromatic rings. The highest BCUT2D eigenvalue weighted by molar-refractivity contribution is 7.89. The molecule has 0 atom stereocenters. The molecule has 0 heterocycles. The smallest absolute Gasteiger partial charge is 0.243 e. The van der Waals surface area contributed by atoms with Crippen LogP contribution in [0.4, 0.5) is 4.39 Å². The molecule has 0 aliphatic rings. The van der Waals surface area contributed by atoms with Gasteiger partial charge in [0.25, 0.3) is 0 Å². The van der Waals surface area contributed by atoms with Crippen molar-refractivity contribution in [3.05, 3.63) is 29.6 Å². The third-order valence-corrected chi connectivity index (χ3v) is 4.40. The van der Waals surface area contributed by atoms with E-state index in [0.29, 0.717) is 12.1 Å². The Morgan fingerprint density at radius 1 is 1.44 bits per heavy atom. The van der Waals surface area contributed by atoms with E-state index < -0.39 is 15.8 Å². The highest BCUT2D eigenvalue weighted by atomic mass is 32.2. The molecule has 0 aliphatic carbocycles. The number of sulfonamides is 1. The van der Waals surface area contributed by atoms with Crippen LogP contribution in [-0.2, 0) is 16.6 Å². The average molecular weight is 246 g/mol. The van der Waals surface area contributed by atoms with Crippen molar-refractivity contribution in [2.75, 3.05) is 13.6 Å². The Morgan fingerprint density at radius 3 is 2.56 bits per heavy atom. The van der Waals surface area contributed by atoms with Crippen LogP contribution >= 0.6 is 0 Å². The Labute approximate surface area is 94.9 Å². The number of nitrogens with zero attached hydrogens (tertiary/aromatic N) is 1. The second-order valence-corrected chi connectivity index (χ2v) is 5.39. The van der Waals surface area contributed by atoms with Gasteiger partial charge in [-0.05, 0) is 17.7 Å². The van der Waals surface area contributed by atoms with Gasteiger partial charge in [0.05, 0.1) is 4.90 Å². The number of halogens is 1. The summed E-state index contributed by atoms with van der Waals surface area (Å²) in [5, 5.41) is 0. The zero-order chi connectivity index (χ0) is 12.3. The maximum Gasteiger partial charge on any atom is 0.243 e. The number of hydrogen-bond acceptors (Lipinski definition) is 3. The van der Waals surface area contributed by atoms with E-state index in [1.165, 1.54) is 19.2 Å². The Kier molecular flexibility index (Phi) is 4.01. The van der Waals surface area contributed by atoms with Gasteiger partial charge < -0.3 is 5.73 Å². The Hall–Kier alpha value is -0.980. The van der Waals surface area contributed by atoms with Gasteiger partial charge in [0.2, 0.25) is 10.0 Å². The fourth-order valence-electron chi connectivity index (χ4n) is 1.27. The van der Waals surface area contributed by atoms with Crippen LogP contribution in [0.1, 0.15) is 12.5 Å². The zero-order valence-electron chi connectivity index (χ0n) is 9.27. The predicted octanol–water partition coefficient (Wildman–Crippen LogP) is 0.925. The molecule has 0 aliphatic heterocycles. The lowest BCUT2D eigenvalue weighted by Gasteiger charge is -2.17. The predicted molar refractivity (Wildman–Crippen MR) is 59.8 cm³/mol. The van der Waals surface area contributed by atoms with E-state index in [9.17, 15) is 12.8 Å². The van der Waals surface area contributed by atoms with Crippen LogP contribution < -0.4 is 5.73 Å². The zero-order valence-corrected chi connectivity index (χ0v) is 10.1. The molecule has 1 rings (SSSR count). The lowest BCUT2D eigenvalue weighted by Crippen LogP contribution is -2.27. The van der Waals surface area contributed by atoms with Gasteiger partial charge in [-0.1, -0.05) is 13.0 Å². The van der Waals surface area contributed by atoms with E-state index in [1.807, 2.05) is 0 Å². The lowest BCUT2D eigenvalue weighted by atomic mass is 10.2. The Balaban J connectivity index is 3.37. The standard InChI is InChI=1S/C10H15FN2O2S/c1-3-13(2)16(14,15)10-6-9(11)5-4-8(10)7-12/h4-6H,3,7,12H2,1-2H3. The summed E-state index contributed by atoms with van der Waals surface area (Å²) in [4.78, 5) is -0.0562. The second-order valence-electron chi connectivity index (χ2n) is 3.38. The normalized spacial score (nSPS) is 12.1. The number of nitrogens with two attached hydrogens (primary N) is 1. The van der Waals surface area contributed by atoms with Crippen LogP contribution in [0.2, 0.25) is 0 Å². The highest BCUT2D eigenvalue weighted by Crippen LogP contribution is 2.20. The maximum atomic E-state index is 13.1. The summed E-state index contributed by atoms with van der Waals surface area (Å²) in [7, 11) is -2.20. The first-order valence-electron chi connectivity index (χ1n) is 4.88. The molecule has 0 spiro atoms. The van der Waals surface area contributed by atoms with Gasteiger partial charge in [-0.25, -0.2) is 17.1 Å². The van der Waals surface area contributed by atoms with E-state index >= 15 is 0 Å². The molecule has 0 aromatic heterocycles. The fourth-order valence-corrected chi connectivity index (χ4v) is 2.69. The van der Waals surface area contributed by atoms with Crippen LogP contribution in [-0.4, -0.2) is 26.3 Å². The van der Waals surface area contributed by atoms with E-state index in [2.05, 4.69) is 0 Å². The van der Waals surface area contributed by atoms with Crippen molar-refractivity contribution in [2.24, 2.45) is 5.73 Å². The highest BCUT2D eigenvalue weighted by Gasteiger charge is 2.22. The SMILES string of the molecule is CCN(C)S(=O)(=O)c1cc(F)ccc1CN. The minimum atomic E-state index is -3.64. The van der Waals surface area contributed by atoms with Crippen molar-refractivity contribution in [1.82, 2.24) is 4.31 Å². The van der Waals surface area contributed by atoms with Crippen LogP contribution in [0.15, 0.2) is 23.1 Å². The quantitative estimate of drug-likeness (QED) is 0.859. The number of rotatable bonds is 4. The van der Waals surface area contributed by atoms with Crippen molar-refractivity contribution in [3.63, 3.8) is 0 Å². The van der Waals surface area contributed by atoms with E-state index in [1.54, 1.807) is 6.92 Å². The molecule has 90 valence electrons. The van der Waals surface area contributed by atoms with E-state index in [4.69, 9.17) is 5.73 Å². The van der Waals surface area contributed by atoms with Gasteiger partial charge in [-0.2, -0.15) is 0 Å². The molecule has 0 unspecified atom stereocenters. The number of benzene rings is 1. The molecule has 1 aromatic carbocycles. The Morgan fingerprint density at radius 2 is 2.06 bits per heavy atom. The average Bonchev–Trinajstić information content (AvgIpc) is 2.27. The van der Waals surface area contributed by atoms with Gasteiger partial charge >= 0.3 is 0 Å². The molecule has 0 saturated heterocycles. The Bertz CT molecular complexity index is 474. The fraction of sp³-hybridized carbons (Fsp3) is 0.400. The third-order valence-electron chi connectivity index (χ3n) is 2.38. The van der Waals surface area contributed by atoms with Gasteiger partial charge in [0, 0.05) is 20.1 Å². The van der Waals surface area contributed by atoms with Crippen LogP contribution in [0, 0.1) is 5.82 Å². The van der Waals surface area contributed by atoms with Gasteiger partial charge in [-0.3, -0.25) is 0 Å².